The van der Waals surface area contributed by atoms with Gasteiger partial charge in [0.05, 0.1) is 19.9 Å². The van der Waals surface area contributed by atoms with Gasteiger partial charge in [0.2, 0.25) is 0 Å². The van der Waals surface area contributed by atoms with E-state index in [2.05, 4.69) is 31.7 Å². The van der Waals surface area contributed by atoms with E-state index in [1.165, 1.54) is 5.56 Å². The van der Waals surface area contributed by atoms with E-state index in [1.807, 2.05) is 11.0 Å². The lowest BCUT2D eigenvalue weighted by atomic mass is 9.97. The van der Waals surface area contributed by atoms with Crippen LogP contribution in [0.25, 0.3) is 0 Å². The number of hydrogen-bond acceptors (Lipinski definition) is 3. The molecule has 2 aromatic rings. The van der Waals surface area contributed by atoms with Crippen molar-refractivity contribution in [2.45, 2.75) is 26.2 Å². The van der Waals surface area contributed by atoms with Gasteiger partial charge in [0.25, 0.3) is 5.91 Å². The molecule has 2 aromatic carbocycles. The number of rotatable bonds is 5. The molecule has 0 fully saturated rings. The molecule has 0 atom stereocenters. The van der Waals surface area contributed by atoms with Crippen LogP contribution in [0.5, 0.6) is 11.5 Å². The molecule has 0 aromatic heterocycles. The standard InChI is InChI=1S/C22H25NO3/c1-5-8-17-13-18(14-19(25-3)21(17)26-4)22(24)23-12-7-11-16-10-6-9-15(2)20(16)23/h5-6,9-10,13-14H,1,7-8,11-12H2,2-4H3. The van der Waals surface area contributed by atoms with Crippen molar-refractivity contribution in [1.29, 1.82) is 0 Å². The lowest BCUT2D eigenvalue weighted by Gasteiger charge is -2.31. The van der Waals surface area contributed by atoms with E-state index in [-0.39, 0.29) is 5.91 Å². The zero-order valence-electron chi connectivity index (χ0n) is 15.7. The number of nitrogens with zero attached hydrogens (tertiary/aromatic N) is 1. The summed E-state index contributed by atoms with van der Waals surface area (Å²) >= 11 is 0. The maximum atomic E-state index is 13.3. The predicted octanol–water partition coefficient (Wildman–Crippen LogP) is 4.33. The van der Waals surface area contributed by atoms with Crippen LogP contribution in [0.1, 0.15) is 33.5 Å². The molecule has 0 radical (unpaired) electrons. The number of amides is 1. The van der Waals surface area contributed by atoms with Gasteiger partial charge in [-0.3, -0.25) is 4.79 Å². The van der Waals surface area contributed by atoms with Crippen LogP contribution in [-0.4, -0.2) is 26.7 Å². The second-order valence-electron chi connectivity index (χ2n) is 6.51. The molecule has 1 amide bonds. The first-order chi connectivity index (χ1) is 12.6. The van der Waals surface area contributed by atoms with Gasteiger partial charge in [-0.15, -0.1) is 6.58 Å². The fraction of sp³-hybridized carbons (Fsp3) is 0.318. The molecule has 4 nitrogen and oxygen atoms in total. The summed E-state index contributed by atoms with van der Waals surface area (Å²) in [7, 11) is 3.19. The second kappa shape index (κ2) is 7.65. The number of allylic oxidation sites excluding steroid dienone is 1. The molecule has 0 unspecified atom stereocenters. The molecule has 0 aliphatic carbocycles. The first kappa shape index (κ1) is 18.1. The molecule has 3 rings (SSSR count). The van der Waals surface area contributed by atoms with Gasteiger partial charge < -0.3 is 14.4 Å². The van der Waals surface area contributed by atoms with E-state index in [1.54, 1.807) is 26.4 Å². The fourth-order valence-corrected chi connectivity index (χ4v) is 3.68. The quantitative estimate of drug-likeness (QED) is 0.753. The van der Waals surface area contributed by atoms with Crippen molar-refractivity contribution < 1.29 is 14.3 Å². The van der Waals surface area contributed by atoms with Crippen LogP contribution >= 0.6 is 0 Å². The van der Waals surface area contributed by atoms with Crippen molar-refractivity contribution in [3.63, 3.8) is 0 Å². The molecule has 0 bridgehead atoms. The van der Waals surface area contributed by atoms with Crippen LogP contribution in [-0.2, 0) is 12.8 Å². The molecule has 0 saturated heterocycles. The van der Waals surface area contributed by atoms with E-state index in [0.29, 0.717) is 23.5 Å². The Morgan fingerprint density at radius 3 is 2.77 bits per heavy atom. The molecular weight excluding hydrogens is 326 g/mol. The Morgan fingerprint density at radius 1 is 1.27 bits per heavy atom. The third-order valence-electron chi connectivity index (χ3n) is 4.83. The van der Waals surface area contributed by atoms with E-state index in [9.17, 15) is 4.79 Å². The summed E-state index contributed by atoms with van der Waals surface area (Å²) in [5.74, 6) is 1.21. The summed E-state index contributed by atoms with van der Waals surface area (Å²) in [6.45, 7) is 6.58. The topological polar surface area (TPSA) is 38.8 Å². The van der Waals surface area contributed by atoms with Gasteiger partial charge in [0.15, 0.2) is 11.5 Å². The summed E-state index contributed by atoms with van der Waals surface area (Å²) < 4.78 is 10.9. The molecule has 1 heterocycles. The maximum Gasteiger partial charge on any atom is 0.258 e. The van der Waals surface area contributed by atoms with Crippen molar-refractivity contribution in [2.75, 3.05) is 25.7 Å². The molecule has 0 spiro atoms. The molecule has 26 heavy (non-hydrogen) atoms. The highest BCUT2D eigenvalue weighted by molar-refractivity contribution is 6.07. The number of carbonyl (C=O) groups is 1. The van der Waals surface area contributed by atoms with E-state index in [0.717, 1.165) is 36.2 Å². The summed E-state index contributed by atoms with van der Waals surface area (Å²) in [4.78, 5) is 15.2. The van der Waals surface area contributed by atoms with Crippen molar-refractivity contribution in [2.24, 2.45) is 0 Å². The molecule has 0 saturated carbocycles. The molecule has 1 aliphatic heterocycles. The highest BCUT2D eigenvalue weighted by atomic mass is 16.5. The number of ether oxygens (including phenoxy) is 2. The van der Waals surface area contributed by atoms with Crippen molar-refractivity contribution in [1.82, 2.24) is 0 Å². The molecule has 136 valence electrons. The zero-order valence-corrected chi connectivity index (χ0v) is 15.7. The number of anilines is 1. The summed E-state index contributed by atoms with van der Waals surface area (Å²) in [6.07, 6.45) is 4.38. The summed E-state index contributed by atoms with van der Waals surface area (Å²) in [5, 5.41) is 0. The van der Waals surface area contributed by atoms with E-state index < -0.39 is 0 Å². The number of carbonyl (C=O) groups excluding carboxylic acids is 1. The van der Waals surface area contributed by atoms with Gasteiger partial charge in [-0.1, -0.05) is 24.3 Å². The highest BCUT2D eigenvalue weighted by Crippen LogP contribution is 2.36. The van der Waals surface area contributed by atoms with Gasteiger partial charge in [-0.25, -0.2) is 0 Å². The third-order valence-corrected chi connectivity index (χ3v) is 4.83. The van der Waals surface area contributed by atoms with Crippen LogP contribution in [0.15, 0.2) is 43.0 Å². The summed E-state index contributed by atoms with van der Waals surface area (Å²) in [6, 6.07) is 9.88. The normalized spacial score (nSPS) is 13.1. The van der Waals surface area contributed by atoms with Gasteiger partial charge in [0, 0.05) is 17.7 Å². The Kier molecular flexibility index (Phi) is 5.31. The molecule has 4 heteroatoms. The number of para-hydroxylation sites is 1. The van der Waals surface area contributed by atoms with Gasteiger partial charge in [-0.2, -0.15) is 0 Å². The Balaban J connectivity index is 2.07. The Morgan fingerprint density at radius 2 is 2.08 bits per heavy atom. The van der Waals surface area contributed by atoms with Crippen LogP contribution in [0.3, 0.4) is 0 Å². The summed E-state index contributed by atoms with van der Waals surface area (Å²) in [5.41, 5.74) is 4.91. The number of aryl methyl sites for hydroxylation is 2. The minimum Gasteiger partial charge on any atom is -0.493 e. The average molecular weight is 351 g/mol. The van der Waals surface area contributed by atoms with Gasteiger partial charge in [-0.05, 0) is 49.4 Å². The number of benzene rings is 2. The predicted molar refractivity (Wildman–Crippen MR) is 105 cm³/mol. The lowest BCUT2D eigenvalue weighted by Crippen LogP contribution is -2.36. The van der Waals surface area contributed by atoms with E-state index in [4.69, 9.17) is 9.47 Å². The van der Waals surface area contributed by atoms with Crippen molar-refractivity contribution in [3.8, 4) is 11.5 Å². The minimum absolute atomic E-state index is 0.00786. The average Bonchev–Trinajstić information content (AvgIpc) is 2.66. The van der Waals surface area contributed by atoms with Crippen LogP contribution in [0.4, 0.5) is 5.69 Å². The smallest absolute Gasteiger partial charge is 0.258 e. The minimum atomic E-state index is -0.00786. The first-order valence-electron chi connectivity index (χ1n) is 8.86. The van der Waals surface area contributed by atoms with Gasteiger partial charge in [0.1, 0.15) is 0 Å². The zero-order chi connectivity index (χ0) is 18.7. The Hall–Kier alpha value is -2.75. The third kappa shape index (κ3) is 3.19. The monoisotopic (exact) mass is 351 g/mol. The van der Waals surface area contributed by atoms with E-state index >= 15 is 0 Å². The first-order valence-corrected chi connectivity index (χ1v) is 8.86. The number of hydrogen-bond donors (Lipinski definition) is 0. The molecular formula is C22H25NO3. The highest BCUT2D eigenvalue weighted by Gasteiger charge is 2.26. The largest absolute Gasteiger partial charge is 0.493 e. The van der Waals surface area contributed by atoms with Crippen LogP contribution in [0, 0.1) is 6.92 Å². The van der Waals surface area contributed by atoms with Crippen LogP contribution in [0.2, 0.25) is 0 Å². The Labute approximate surface area is 155 Å². The molecule has 1 aliphatic rings. The van der Waals surface area contributed by atoms with Crippen molar-refractivity contribution in [3.05, 3.63) is 65.2 Å². The van der Waals surface area contributed by atoms with Gasteiger partial charge >= 0.3 is 0 Å². The number of fused-ring (bicyclic) bond motifs is 1. The Bertz CT molecular complexity index is 842. The maximum absolute atomic E-state index is 13.3. The van der Waals surface area contributed by atoms with Crippen LogP contribution < -0.4 is 14.4 Å². The fourth-order valence-electron chi connectivity index (χ4n) is 3.68. The van der Waals surface area contributed by atoms with Crippen molar-refractivity contribution >= 4 is 11.6 Å². The lowest BCUT2D eigenvalue weighted by molar-refractivity contribution is 0.0984. The number of methoxy groups -OCH3 is 2. The SMILES string of the molecule is C=CCc1cc(C(=O)N2CCCc3cccc(C)c32)cc(OC)c1OC. The molecule has 0 N–H and O–H groups in total. The second-order valence-corrected chi connectivity index (χ2v) is 6.51.